The van der Waals surface area contributed by atoms with Gasteiger partial charge in [0.2, 0.25) is 0 Å². The summed E-state index contributed by atoms with van der Waals surface area (Å²) in [4.78, 5) is 33.2. The number of piperazine rings is 1. The molecule has 6 rings (SSSR count). The van der Waals surface area contributed by atoms with Crippen LogP contribution in [0.1, 0.15) is 63.3 Å². The van der Waals surface area contributed by atoms with E-state index in [1.54, 1.807) is 0 Å². The van der Waals surface area contributed by atoms with Gasteiger partial charge in [0, 0.05) is 73.9 Å². The zero-order chi connectivity index (χ0) is 24.6. The van der Waals surface area contributed by atoms with Crippen molar-refractivity contribution in [1.82, 2.24) is 29.8 Å². The molecule has 1 N–H and O–H groups in total. The summed E-state index contributed by atoms with van der Waals surface area (Å²) in [6.45, 7) is 6.67. The van der Waals surface area contributed by atoms with E-state index in [1.807, 2.05) is 39.6 Å². The summed E-state index contributed by atoms with van der Waals surface area (Å²) in [5.41, 5.74) is 6.41. The summed E-state index contributed by atoms with van der Waals surface area (Å²) >= 11 is 0. The standard InChI is InChI=1S/C27H33N7O2/c1-2-34-23-12-13-33(26(35)24-20-10-6-7-11-22(20)28-29-24)18-21(23)25(30-34)27(36)32-16-14-31(15-17-32)19-8-4-3-5-9-19/h3-5,8-9H,2,6-7,10-18H2,1H3,(H,28,29). The largest absolute Gasteiger partial charge is 0.368 e. The first-order chi connectivity index (χ1) is 17.6. The van der Waals surface area contributed by atoms with E-state index >= 15 is 0 Å². The Kier molecular flexibility index (Phi) is 5.99. The normalized spacial score (nSPS) is 17.6. The van der Waals surface area contributed by atoms with E-state index in [9.17, 15) is 9.59 Å². The number of fused-ring (bicyclic) bond motifs is 2. The monoisotopic (exact) mass is 487 g/mol. The van der Waals surface area contributed by atoms with Gasteiger partial charge in [-0.15, -0.1) is 0 Å². The van der Waals surface area contributed by atoms with Gasteiger partial charge < -0.3 is 14.7 Å². The number of hydrogen-bond acceptors (Lipinski definition) is 5. The van der Waals surface area contributed by atoms with E-state index in [-0.39, 0.29) is 11.8 Å². The van der Waals surface area contributed by atoms with Gasteiger partial charge in [-0.2, -0.15) is 10.2 Å². The van der Waals surface area contributed by atoms with Crippen LogP contribution >= 0.6 is 0 Å². The van der Waals surface area contributed by atoms with Gasteiger partial charge >= 0.3 is 0 Å². The highest BCUT2D eigenvalue weighted by atomic mass is 16.2. The lowest BCUT2D eigenvalue weighted by atomic mass is 9.95. The van der Waals surface area contributed by atoms with Gasteiger partial charge in [-0.3, -0.25) is 19.4 Å². The van der Waals surface area contributed by atoms with Crippen molar-refractivity contribution < 1.29 is 9.59 Å². The molecular weight excluding hydrogens is 454 g/mol. The molecule has 188 valence electrons. The maximum Gasteiger partial charge on any atom is 0.274 e. The third-order valence-electron chi connectivity index (χ3n) is 7.87. The SMILES string of the molecule is CCn1nc(C(=O)N2CCN(c3ccccc3)CC2)c2c1CCN(C(=O)c1n[nH]c3c1CCCC3)C2. The summed E-state index contributed by atoms with van der Waals surface area (Å²) in [5, 5.41) is 12.2. The van der Waals surface area contributed by atoms with Gasteiger partial charge in [-0.25, -0.2) is 0 Å². The molecule has 1 saturated heterocycles. The quantitative estimate of drug-likeness (QED) is 0.611. The van der Waals surface area contributed by atoms with Gasteiger partial charge in [0.05, 0.1) is 6.54 Å². The van der Waals surface area contributed by atoms with E-state index in [0.29, 0.717) is 50.5 Å². The Balaban J connectivity index is 1.21. The van der Waals surface area contributed by atoms with Crippen LogP contribution in [0.3, 0.4) is 0 Å². The molecule has 3 aliphatic rings. The molecule has 36 heavy (non-hydrogen) atoms. The number of H-pyrrole nitrogens is 1. The Bertz CT molecular complexity index is 1270. The predicted octanol–water partition coefficient (Wildman–Crippen LogP) is 2.67. The number of nitrogens with one attached hydrogen (secondary N) is 1. The molecule has 3 aromatic rings. The topological polar surface area (TPSA) is 90.4 Å². The highest BCUT2D eigenvalue weighted by Crippen LogP contribution is 2.28. The molecular formula is C27H33N7O2. The van der Waals surface area contributed by atoms with E-state index in [4.69, 9.17) is 5.10 Å². The third-order valence-corrected chi connectivity index (χ3v) is 7.87. The number of aromatic amines is 1. The number of anilines is 1. The number of amides is 2. The minimum absolute atomic E-state index is 0.0300. The lowest BCUT2D eigenvalue weighted by Crippen LogP contribution is -2.49. The van der Waals surface area contributed by atoms with Crippen molar-refractivity contribution in [2.75, 3.05) is 37.6 Å². The van der Waals surface area contributed by atoms with Crippen molar-refractivity contribution in [2.45, 2.75) is 52.1 Å². The van der Waals surface area contributed by atoms with Crippen LogP contribution in [0, 0.1) is 0 Å². The van der Waals surface area contributed by atoms with Crippen molar-refractivity contribution in [3.05, 3.63) is 64.2 Å². The van der Waals surface area contributed by atoms with Crippen LogP contribution in [-0.4, -0.2) is 74.3 Å². The summed E-state index contributed by atoms with van der Waals surface area (Å²) in [6.07, 6.45) is 4.79. The molecule has 0 bridgehead atoms. The Hall–Kier alpha value is -3.62. The smallest absolute Gasteiger partial charge is 0.274 e. The lowest BCUT2D eigenvalue weighted by Gasteiger charge is -2.36. The number of hydrogen-bond donors (Lipinski definition) is 1. The fraction of sp³-hybridized carbons (Fsp3) is 0.481. The van der Waals surface area contributed by atoms with Gasteiger partial charge in [0.15, 0.2) is 11.4 Å². The number of rotatable bonds is 4. The third kappa shape index (κ3) is 3.96. The molecule has 1 aliphatic carbocycles. The Labute approximate surface area is 211 Å². The van der Waals surface area contributed by atoms with Crippen LogP contribution in [-0.2, 0) is 32.4 Å². The first-order valence-corrected chi connectivity index (χ1v) is 13.2. The predicted molar refractivity (Wildman–Crippen MR) is 136 cm³/mol. The molecule has 1 fully saturated rings. The first-order valence-electron chi connectivity index (χ1n) is 13.2. The second kappa shape index (κ2) is 9.44. The maximum atomic E-state index is 13.7. The number of aryl methyl sites for hydroxylation is 2. The maximum absolute atomic E-state index is 13.7. The fourth-order valence-corrected chi connectivity index (χ4v) is 5.86. The number of aromatic nitrogens is 4. The Morgan fingerprint density at radius 2 is 1.61 bits per heavy atom. The van der Waals surface area contributed by atoms with Crippen molar-refractivity contribution in [3.8, 4) is 0 Å². The molecule has 2 aliphatic heterocycles. The molecule has 1 aromatic carbocycles. The summed E-state index contributed by atoms with van der Waals surface area (Å²) in [5.74, 6) is -0.0724. The van der Waals surface area contributed by atoms with Crippen LogP contribution in [0.25, 0.3) is 0 Å². The second-order valence-electron chi connectivity index (χ2n) is 9.92. The average molecular weight is 488 g/mol. The second-order valence-corrected chi connectivity index (χ2v) is 9.92. The zero-order valence-corrected chi connectivity index (χ0v) is 20.9. The van der Waals surface area contributed by atoms with Gasteiger partial charge in [-0.05, 0) is 44.7 Å². The molecule has 0 unspecified atom stereocenters. The van der Waals surface area contributed by atoms with E-state index in [1.165, 1.54) is 5.69 Å². The van der Waals surface area contributed by atoms with Gasteiger partial charge in [0.1, 0.15) is 0 Å². The molecule has 4 heterocycles. The molecule has 0 atom stereocenters. The van der Waals surface area contributed by atoms with Crippen molar-refractivity contribution in [1.29, 1.82) is 0 Å². The molecule has 2 aromatic heterocycles. The van der Waals surface area contributed by atoms with Crippen LogP contribution in [0.4, 0.5) is 5.69 Å². The van der Waals surface area contributed by atoms with E-state index < -0.39 is 0 Å². The fourth-order valence-electron chi connectivity index (χ4n) is 5.86. The molecule has 2 amide bonds. The molecule has 0 spiro atoms. The van der Waals surface area contributed by atoms with Gasteiger partial charge in [-0.1, -0.05) is 18.2 Å². The number of para-hydroxylation sites is 1. The van der Waals surface area contributed by atoms with E-state index in [2.05, 4.69) is 27.2 Å². The van der Waals surface area contributed by atoms with Crippen LogP contribution < -0.4 is 4.90 Å². The average Bonchev–Trinajstić information content (AvgIpc) is 3.54. The minimum Gasteiger partial charge on any atom is -0.368 e. The highest BCUT2D eigenvalue weighted by Gasteiger charge is 2.34. The zero-order valence-electron chi connectivity index (χ0n) is 20.9. The summed E-state index contributed by atoms with van der Waals surface area (Å²) in [7, 11) is 0. The Morgan fingerprint density at radius 1 is 0.861 bits per heavy atom. The number of benzene rings is 1. The Morgan fingerprint density at radius 3 is 2.39 bits per heavy atom. The van der Waals surface area contributed by atoms with Crippen molar-refractivity contribution in [3.63, 3.8) is 0 Å². The molecule has 9 heteroatoms. The lowest BCUT2D eigenvalue weighted by molar-refractivity contribution is 0.0705. The first kappa shape index (κ1) is 22.8. The number of nitrogens with zero attached hydrogens (tertiary/aromatic N) is 6. The van der Waals surface area contributed by atoms with Crippen molar-refractivity contribution >= 4 is 17.5 Å². The van der Waals surface area contributed by atoms with E-state index in [0.717, 1.165) is 61.3 Å². The van der Waals surface area contributed by atoms with Crippen molar-refractivity contribution in [2.24, 2.45) is 0 Å². The molecule has 0 radical (unpaired) electrons. The molecule has 9 nitrogen and oxygen atoms in total. The highest BCUT2D eigenvalue weighted by molar-refractivity contribution is 5.96. The number of carbonyl (C=O) groups is 2. The van der Waals surface area contributed by atoms with Crippen LogP contribution in [0.5, 0.6) is 0 Å². The summed E-state index contributed by atoms with van der Waals surface area (Å²) < 4.78 is 1.95. The van der Waals surface area contributed by atoms with Crippen LogP contribution in [0.2, 0.25) is 0 Å². The summed E-state index contributed by atoms with van der Waals surface area (Å²) in [6, 6.07) is 10.3. The van der Waals surface area contributed by atoms with Crippen LogP contribution in [0.15, 0.2) is 30.3 Å². The molecule has 0 saturated carbocycles. The number of carbonyl (C=O) groups excluding carboxylic acids is 2. The van der Waals surface area contributed by atoms with Gasteiger partial charge in [0.25, 0.3) is 11.8 Å². The minimum atomic E-state index is -0.0424.